The number of carbonyl (C=O) groups is 1. The smallest absolute Gasteiger partial charge is 0.251 e. The Morgan fingerprint density at radius 3 is 2.62 bits per heavy atom. The minimum absolute atomic E-state index is 0.0454. The van der Waals surface area contributed by atoms with Gasteiger partial charge in [-0.1, -0.05) is 13.8 Å². The fraction of sp³-hybridized carbons (Fsp3) is 0.917. The van der Waals surface area contributed by atoms with Crippen LogP contribution < -0.4 is 5.32 Å². The summed E-state index contributed by atoms with van der Waals surface area (Å²) in [6, 6.07) is 0.209. The van der Waals surface area contributed by atoms with Crippen LogP contribution in [0.4, 0.5) is 0 Å². The monoisotopic (exact) mass is 229 g/mol. The molecule has 1 rings (SSSR count). The molecule has 16 heavy (non-hydrogen) atoms. The Balaban J connectivity index is 2.21. The predicted octanol–water partition coefficient (Wildman–Crippen LogP) is 1.34. The molecule has 1 fully saturated rings. The first-order valence-corrected chi connectivity index (χ1v) is 6.09. The molecule has 0 radical (unpaired) electrons. The van der Waals surface area contributed by atoms with Crippen molar-refractivity contribution in [3.63, 3.8) is 0 Å². The van der Waals surface area contributed by atoms with Crippen LogP contribution in [0.2, 0.25) is 0 Å². The lowest BCUT2D eigenvalue weighted by Crippen LogP contribution is -2.45. The molecule has 1 N–H and O–H groups in total. The minimum Gasteiger partial charge on any atom is -0.376 e. The lowest BCUT2D eigenvalue weighted by Gasteiger charge is -2.24. The maximum atomic E-state index is 11.7. The molecule has 0 unspecified atom stereocenters. The molecule has 2 atom stereocenters. The molecule has 4 heteroatoms. The van der Waals surface area contributed by atoms with E-state index < -0.39 is 6.10 Å². The third-order valence-electron chi connectivity index (χ3n) is 2.67. The maximum absolute atomic E-state index is 11.7. The Hall–Kier alpha value is -0.610. The van der Waals surface area contributed by atoms with Crippen LogP contribution in [0.25, 0.3) is 0 Å². The summed E-state index contributed by atoms with van der Waals surface area (Å²) in [5.41, 5.74) is 0. The number of hydrogen-bond acceptors (Lipinski definition) is 3. The van der Waals surface area contributed by atoms with Crippen LogP contribution >= 0.6 is 0 Å². The van der Waals surface area contributed by atoms with E-state index in [4.69, 9.17) is 9.47 Å². The minimum atomic E-state index is -0.421. The second-order valence-electron chi connectivity index (χ2n) is 4.82. The molecule has 0 aliphatic carbocycles. The van der Waals surface area contributed by atoms with Gasteiger partial charge in [-0.25, -0.2) is 0 Å². The summed E-state index contributed by atoms with van der Waals surface area (Å²) in [6.07, 6.45) is 1.72. The summed E-state index contributed by atoms with van der Waals surface area (Å²) in [4.78, 5) is 11.7. The van der Waals surface area contributed by atoms with Crippen LogP contribution in [-0.4, -0.2) is 37.9 Å². The van der Waals surface area contributed by atoms with Gasteiger partial charge in [0.25, 0.3) is 5.91 Å². The van der Waals surface area contributed by atoms with Gasteiger partial charge >= 0.3 is 0 Å². The first kappa shape index (κ1) is 13.5. The Morgan fingerprint density at radius 1 is 1.31 bits per heavy atom. The molecule has 1 aliphatic heterocycles. The average Bonchev–Trinajstić information content (AvgIpc) is 2.27. The van der Waals surface area contributed by atoms with Gasteiger partial charge in [0.2, 0.25) is 0 Å². The van der Waals surface area contributed by atoms with Crippen LogP contribution in [0.1, 0.15) is 33.6 Å². The number of carbonyl (C=O) groups excluding carboxylic acids is 1. The SMILES string of the molecule is CC(C)CC[C@H](C)NC(=O)[C@H]1COCCO1. The number of ether oxygens (including phenoxy) is 2. The quantitative estimate of drug-likeness (QED) is 0.774. The van der Waals surface area contributed by atoms with E-state index in [9.17, 15) is 4.79 Å². The molecule has 0 spiro atoms. The van der Waals surface area contributed by atoms with Crippen LogP contribution in [0, 0.1) is 5.92 Å². The first-order chi connectivity index (χ1) is 7.59. The molecular formula is C12H23NO3. The molecule has 0 aromatic carbocycles. The zero-order chi connectivity index (χ0) is 12.0. The topological polar surface area (TPSA) is 47.6 Å². The van der Waals surface area contributed by atoms with Gasteiger partial charge in [0.05, 0.1) is 19.8 Å². The first-order valence-electron chi connectivity index (χ1n) is 6.09. The van der Waals surface area contributed by atoms with E-state index in [1.807, 2.05) is 6.92 Å². The van der Waals surface area contributed by atoms with Crippen molar-refractivity contribution >= 4 is 5.91 Å². The maximum Gasteiger partial charge on any atom is 0.251 e. The van der Waals surface area contributed by atoms with Gasteiger partial charge in [0.1, 0.15) is 0 Å². The van der Waals surface area contributed by atoms with Crippen molar-refractivity contribution in [2.45, 2.75) is 45.8 Å². The van der Waals surface area contributed by atoms with E-state index in [2.05, 4.69) is 19.2 Å². The number of amides is 1. The molecule has 4 nitrogen and oxygen atoms in total. The standard InChI is InChI=1S/C12H23NO3/c1-9(2)4-5-10(3)13-12(14)11-8-15-6-7-16-11/h9-11H,4-8H2,1-3H3,(H,13,14)/t10-,11+/m0/s1. The van der Waals surface area contributed by atoms with Gasteiger partial charge in [-0.3, -0.25) is 4.79 Å². The van der Waals surface area contributed by atoms with E-state index in [1.165, 1.54) is 0 Å². The van der Waals surface area contributed by atoms with Crippen molar-refractivity contribution in [2.75, 3.05) is 19.8 Å². The summed E-state index contributed by atoms with van der Waals surface area (Å²) >= 11 is 0. The van der Waals surface area contributed by atoms with Crippen LogP contribution in [0.5, 0.6) is 0 Å². The van der Waals surface area contributed by atoms with Crippen molar-refractivity contribution < 1.29 is 14.3 Å². The molecular weight excluding hydrogens is 206 g/mol. The summed E-state index contributed by atoms with van der Waals surface area (Å²) in [7, 11) is 0. The Labute approximate surface area is 97.7 Å². The van der Waals surface area contributed by atoms with Crippen molar-refractivity contribution in [2.24, 2.45) is 5.92 Å². The van der Waals surface area contributed by atoms with Gasteiger partial charge in [-0.15, -0.1) is 0 Å². The van der Waals surface area contributed by atoms with E-state index >= 15 is 0 Å². The summed E-state index contributed by atoms with van der Waals surface area (Å²) in [6.45, 7) is 7.89. The van der Waals surface area contributed by atoms with E-state index in [1.54, 1.807) is 0 Å². The van der Waals surface area contributed by atoms with Crippen LogP contribution in [0.3, 0.4) is 0 Å². The molecule has 1 heterocycles. The highest BCUT2D eigenvalue weighted by Crippen LogP contribution is 2.07. The van der Waals surface area contributed by atoms with Gasteiger partial charge in [-0.05, 0) is 25.7 Å². The second-order valence-corrected chi connectivity index (χ2v) is 4.82. The highest BCUT2D eigenvalue weighted by atomic mass is 16.6. The summed E-state index contributed by atoms with van der Waals surface area (Å²) in [5.74, 6) is 0.629. The van der Waals surface area contributed by atoms with Gasteiger partial charge in [-0.2, -0.15) is 0 Å². The van der Waals surface area contributed by atoms with Gasteiger partial charge < -0.3 is 14.8 Å². The number of nitrogens with one attached hydrogen (secondary N) is 1. The largest absolute Gasteiger partial charge is 0.376 e. The second kappa shape index (κ2) is 6.86. The van der Waals surface area contributed by atoms with Gasteiger partial charge in [0, 0.05) is 6.04 Å². The predicted molar refractivity (Wildman–Crippen MR) is 62.2 cm³/mol. The lowest BCUT2D eigenvalue weighted by atomic mass is 10.0. The summed E-state index contributed by atoms with van der Waals surface area (Å²) in [5, 5.41) is 2.96. The Morgan fingerprint density at radius 2 is 2.06 bits per heavy atom. The van der Waals surface area contributed by atoms with Gasteiger partial charge in [0.15, 0.2) is 6.10 Å². The number of hydrogen-bond donors (Lipinski definition) is 1. The normalized spacial score (nSPS) is 23.1. The molecule has 0 aromatic heterocycles. The van der Waals surface area contributed by atoms with E-state index in [0.29, 0.717) is 25.7 Å². The van der Waals surface area contributed by atoms with Crippen LogP contribution in [-0.2, 0) is 14.3 Å². The number of rotatable bonds is 5. The van der Waals surface area contributed by atoms with Crippen molar-refractivity contribution in [1.82, 2.24) is 5.32 Å². The molecule has 0 aromatic rings. The molecule has 1 saturated heterocycles. The molecule has 1 aliphatic rings. The highest BCUT2D eigenvalue weighted by molar-refractivity contribution is 5.81. The lowest BCUT2D eigenvalue weighted by molar-refractivity contribution is -0.148. The summed E-state index contributed by atoms with van der Waals surface area (Å²) < 4.78 is 10.5. The third kappa shape index (κ3) is 4.94. The molecule has 0 saturated carbocycles. The average molecular weight is 229 g/mol. The molecule has 0 bridgehead atoms. The fourth-order valence-electron chi connectivity index (χ4n) is 1.63. The third-order valence-corrected chi connectivity index (χ3v) is 2.67. The molecule has 94 valence electrons. The molecule has 1 amide bonds. The fourth-order valence-corrected chi connectivity index (χ4v) is 1.63. The van der Waals surface area contributed by atoms with Crippen molar-refractivity contribution in [3.05, 3.63) is 0 Å². The zero-order valence-corrected chi connectivity index (χ0v) is 10.5. The van der Waals surface area contributed by atoms with Crippen LogP contribution in [0.15, 0.2) is 0 Å². The van der Waals surface area contributed by atoms with E-state index in [0.717, 1.165) is 12.8 Å². The van der Waals surface area contributed by atoms with Crippen molar-refractivity contribution in [1.29, 1.82) is 0 Å². The van der Waals surface area contributed by atoms with E-state index in [-0.39, 0.29) is 11.9 Å². The highest BCUT2D eigenvalue weighted by Gasteiger charge is 2.23. The Bertz CT molecular complexity index is 212. The van der Waals surface area contributed by atoms with Crippen molar-refractivity contribution in [3.8, 4) is 0 Å². The Kier molecular flexibility index (Phi) is 5.77. The zero-order valence-electron chi connectivity index (χ0n) is 10.5.